The molecule has 3 rings (SSSR count). The van der Waals surface area contributed by atoms with E-state index in [1.54, 1.807) is 24.3 Å². The van der Waals surface area contributed by atoms with Gasteiger partial charge in [0.15, 0.2) is 0 Å². The summed E-state index contributed by atoms with van der Waals surface area (Å²) in [6.07, 6.45) is 0.456. The molecule has 0 aliphatic rings. The normalized spacial score (nSPS) is 12.5. The number of nitrogens with one attached hydrogen (secondary N) is 2. The summed E-state index contributed by atoms with van der Waals surface area (Å²) in [5.74, 6) is -0.914. The molecular formula is C25H22Br2N2O3. The average molecular weight is 558 g/mol. The highest BCUT2D eigenvalue weighted by atomic mass is 79.9. The molecule has 0 heterocycles. The lowest BCUT2D eigenvalue weighted by Crippen LogP contribution is -2.43. The van der Waals surface area contributed by atoms with Crippen molar-refractivity contribution in [3.8, 4) is 0 Å². The third-order valence-corrected chi connectivity index (χ3v) is 6.03. The third-order valence-electron chi connectivity index (χ3n) is 4.68. The highest BCUT2D eigenvalue weighted by Crippen LogP contribution is 2.27. The number of hydrogen-bond acceptors (Lipinski definition) is 3. The molecule has 3 aromatic rings. The van der Waals surface area contributed by atoms with Crippen LogP contribution in [0.4, 0.5) is 0 Å². The van der Waals surface area contributed by atoms with E-state index in [9.17, 15) is 14.7 Å². The quantitative estimate of drug-likeness (QED) is 0.352. The van der Waals surface area contributed by atoms with Crippen LogP contribution in [0.15, 0.2) is 95.1 Å². The van der Waals surface area contributed by atoms with Gasteiger partial charge in [-0.05, 0) is 57.7 Å². The molecule has 0 fully saturated rings. The predicted octanol–water partition coefficient (Wildman–Crippen LogP) is 4.66. The van der Waals surface area contributed by atoms with Crippen molar-refractivity contribution in [2.75, 3.05) is 6.61 Å². The smallest absolute Gasteiger partial charge is 0.269 e. The molecule has 3 aromatic carbocycles. The second-order valence-electron chi connectivity index (χ2n) is 7.06. The van der Waals surface area contributed by atoms with Crippen molar-refractivity contribution in [1.29, 1.82) is 0 Å². The largest absolute Gasteiger partial charge is 0.394 e. The zero-order valence-corrected chi connectivity index (χ0v) is 20.3. The molecule has 2 amide bonds. The van der Waals surface area contributed by atoms with Crippen LogP contribution in [-0.2, 0) is 11.2 Å². The van der Waals surface area contributed by atoms with Crippen molar-refractivity contribution in [1.82, 2.24) is 10.6 Å². The van der Waals surface area contributed by atoms with E-state index in [0.717, 1.165) is 10.0 Å². The minimum atomic E-state index is -0.517. The average Bonchev–Trinajstić information content (AvgIpc) is 2.82. The maximum absolute atomic E-state index is 13.2. The molecule has 32 heavy (non-hydrogen) atoms. The van der Waals surface area contributed by atoms with E-state index < -0.39 is 17.9 Å². The number of aliphatic hydroxyl groups excluding tert-OH is 1. The Bertz CT molecular complexity index is 1100. The van der Waals surface area contributed by atoms with Crippen LogP contribution in [0.3, 0.4) is 0 Å². The number of hydrogen-bond donors (Lipinski definition) is 3. The minimum Gasteiger partial charge on any atom is -0.394 e. The van der Waals surface area contributed by atoms with Crippen molar-refractivity contribution in [2.24, 2.45) is 0 Å². The second kappa shape index (κ2) is 11.8. The van der Waals surface area contributed by atoms with Crippen LogP contribution in [0.2, 0.25) is 0 Å². The van der Waals surface area contributed by atoms with Crippen LogP contribution in [0.25, 0.3) is 4.48 Å². The molecule has 0 bridgehead atoms. The van der Waals surface area contributed by atoms with Crippen LogP contribution in [0.5, 0.6) is 0 Å². The zero-order valence-electron chi connectivity index (χ0n) is 17.1. The van der Waals surface area contributed by atoms with Crippen LogP contribution < -0.4 is 10.6 Å². The van der Waals surface area contributed by atoms with E-state index >= 15 is 0 Å². The Labute approximate surface area is 203 Å². The fraction of sp³-hybridized carbons (Fsp3) is 0.120. The van der Waals surface area contributed by atoms with Crippen LogP contribution in [0, 0.1) is 0 Å². The van der Waals surface area contributed by atoms with E-state index in [2.05, 4.69) is 42.5 Å². The van der Waals surface area contributed by atoms with Gasteiger partial charge in [-0.15, -0.1) is 0 Å². The Balaban J connectivity index is 1.89. The van der Waals surface area contributed by atoms with Crippen LogP contribution in [-0.4, -0.2) is 29.6 Å². The van der Waals surface area contributed by atoms with Crippen molar-refractivity contribution in [2.45, 2.75) is 12.5 Å². The summed E-state index contributed by atoms with van der Waals surface area (Å²) in [5, 5.41) is 15.4. The van der Waals surface area contributed by atoms with E-state index in [-0.39, 0.29) is 12.3 Å². The molecule has 1 atom stereocenters. The molecule has 0 aromatic heterocycles. The number of amides is 2. The predicted molar refractivity (Wildman–Crippen MR) is 133 cm³/mol. The fourth-order valence-electron chi connectivity index (χ4n) is 3.07. The van der Waals surface area contributed by atoms with Crippen LogP contribution >= 0.6 is 31.9 Å². The van der Waals surface area contributed by atoms with Gasteiger partial charge < -0.3 is 15.7 Å². The molecule has 0 spiro atoms. The van der Waals surface area contributed by atoms with Gasteiger partial charge in [0.05, 0.1) is 17.1 Å². The molecule has 0 radical (unpaired) electrons. The fourth-order valence-corrected chi connectivity index (χ4v) is 4.00. The standard InChI is InChI=1S/C25H22Br2N2O3/c26-20-13-7-12-19(15-20)22(27)23(29-24(31)18-10-5-2-6-11-18)25(32)28-21(16-30)14-17-8-3-1-4-9-17/h1-13,15,21,30H,14,16H2,(H,28,32)(H,29,31)/b23-22-/t21-/m0/s1. The maximum atomic E-state index is 13.2. The molecule has 164 valence electrons. The minimum absolute atomic E-state index is 0.0588. The first kappa shape index (κ1) is 23.9. The molecule has 3 N–H and O–H groups in total. The Morgan fingerprint density at radius 1 is 0.875 bits per heavy atom. The molecule has 0 saturated carbocycles. The topological polar surface area (TPSA) is 78.4 Å². The zero-order chi connectivity index (χ0) is 22.9. The first-order valence-corrected chi connectivity index (χ1v) is 11.5. The second-order valence-corrected chi connectivity index (χ2v) is 8.77. The van der Waals surface area contributed by atoms with E-state index in [0.29, 0.717) is 22.0 Å². The maximum Gasteiger partial charge on any atom is 0.269 e. The van der Waals surface area contributed by atoms with Crippen molar-refractivity contribution in [3.05, 3.63) is 112 Å². The summed E-state index contributed by atoms with van der Waals surface area (Å²) in [7, 11) is 0. The molecular weight excluding hydrogens is 536 g/mol. The summed E-state index contributed by atoms with van der Waals surface area (Å²) in [4.78, 5) is 26.0. The molecule has 0 aliphatic carbocycles. The first-order valence-electron chi connectivity index (χ1n) is 9.95. The van der Waals surface area contributed by atoms with E-state index in [1.807, 2.05) is 60.7 Å². The van der Waals surface area contributed by atoms with Crippen molar-refractivity contribution >= 4 is 48.2 Å². The summed E-state index contributed by atoms with van der Waals surface area (Å²) in [6.45, 7) is -0.241. The molecule has 0 aliphatic heterocycles. The number of benzene rings is 3. The number of carbonyl (C=O) groups is 2. The Morgan fingerprint density at radius 2 is 1.50 bits per heavy atom. The van der Waals surface area contributed by atoms with Gasteiger partial charge in [-0.2, -0.15) is 0 Å². The lowest BCUT2D eigenvalue weighted by Gasteiger charge is -2.19. The third kappa shape index (κ3) is 6.63. The summed E-state index contributed by atoms with van der Waals surface area (Å²) >= 11 is 6.92. The highest BCUT2D eigenvalue weighted by molar-refractivity contribution is 9.15. The first-order chi connectivity index (χ1) is 15.5. The summed E-state index contributed by atoms with van der Waals surface area (Å²) in [5.41, 5.74) is 2.18. The van der Waals surface area contributed by atoms with Gasteiger partial charge in [-0.3, -0.25) is 9.59 Å². The van der Waals surface area contributed by atoms with Crippen molar-refractivity contribution < 1.29 is 14.7 Å². The SMILES string of the molecule is O=C(N[C@H](CO)Cc1ccccc1)/C(NC(=O)c1ccccc1)=C(/Br)c1cccc(Br)c1. The number of carbonyl (C=O) groups excluding carboxylic acids is 2. The van der Waals surface area contributed by atoms with E-state index in [1.165, 1.54) is 0 Å². The van der Waals surface area contributed by atoms with Gasteiger partial charge in [0.25, 0.3) is 11.8 Å². The van der Waals surface area contributed by atoms with E-state index in [4.69, 9.17) is 0 Å². The van der Waals surface area contributed by atoms with Gasteiger partial charge in [0, 0.05) is 10.0 Å². The lowest BCUT2D eigenvalue weighted by molar-refractivity contribution is -0.118. The number of halogens is 2. The van der Waals surface area contributed by atoms with Crippen LogP contribution in [0.1, 0.15) is 21.5 Å². The van der Waals surface area contributed by atoms with Gasteiger partial charge in [-0.25, -0.2) is 0 Å². The van der Waals surface area contributed by atoms with Gasteiger partial charge in [0.1, 0.15) is 5.70 Å². The van der Waals surface area contributed by atoms with Gasteiger partial charge in [-0.1, -0.05) is 76.6 Å². The van der Waals surface area contributed by atoms with Gasteiger partial charge in [0.2, 0.25) is 0 Å². The Morgan fingerprint density at radius 3 is 2.12 bits per heavy atom. The molecule has 5 nitrogen and oxygen atoms in total. The lowest BCUT2D eigenvalue weighted by atomic mass is 10.1. The number of aliphatic hydroxyl groups is 1. The van der Waals surface area contributed by atoms with Gasteiger partial charge >= 0.3 is 0 Å². The molecule has 0 unspecified atom stereocenters. The molecule has 0 saturated heterocycles. The Hall–Kier alpha value is -2.74. The highest BCUT2D eigenvalue weighted by Gasteiger charge is 2.22. The summed E-state index contributed by atoms with van der Waals surface area (Å²) < 4.78 is 1.26. The van der Waals surface area contributed by atoms with Crippen molar-refractivity contribution in [3.63, 3.8) is 0 Å². The summed E-state index contributed by atoms with van der Waals surface area (Å²) in [6, 6.07) is 25.1. The monoisotopic (exact) mass is 556 g/mol. The Kier molecular flexibility index (Phi) is 8.79. The number of rotatable bonds is 8. The molecule has 7 heteroatoms.